The first-order valence-electron chi connectivity index (χ1n) is 7.19. The number of nitrogens with zero attached hydrogens (tertiary/aromatic N) is 1. The quantitative estimate of drug-likeness (QED) is 0.621. The second kappa shape index (κ2) is 6.71. The van der Waals surface area contributed by atoms with Crippen molar-refractivity contribution in [3.8, 4) is 0 Å². The van der Waals surface area contributed by atoms with Crippen LogP contribution in [0.2, 0.25) is 10.0 Å². The first-order valence-corrected chi connectivity index (χ1v) is 9.55. The molecule has 1 heterocycles. The zero-order chi connectivity index (χ0) is 18.2. The fourth-order valence-corrected chi connectivity index (χ4v) is 4.62. The van der Waals surface area contributed by atoms with Crippen LogP contribution >= 0.6 is 23.2 Å². The standard InChI is InChI=1S/C17H13Cl2NO4S/c1-24-17(21)14-9-20(16-5-3-2-4-13(14)16)25(22,23)10-11-6-7-12(18)8-15(11)19/h2-9H,10H2,1H3. The van der Waals surface area contributed by atoms with Crippen LogP contribution in [0.5, 0.6) is 0 Å². The fourth-order valence-electron chi connectivity index (χ4n) is 2.56. The molecular weight excluding hydrogens is 385 g/mol. The summed E-state index contributed by atoms with van der Waals surface area (Å²) in [5.41, 5.74) is 1.00. The van der Waals surface area contributed by atoms with Crippen molar-refractivity contribution in [3.05, 3.63) is 69.8 Å². The molecule has 5 nitrogen and oxygen atoms in total. The van der Waals surface area contributed by atoms with Crippen LogP contribution in [0.4, 0.5) is 0 Å². The van der Waals surface area contributed by atoms with E-state index in [1.807, 2.05) is 0 Å². The zero-order valence-electron chi connectivity index (χ0n) is 13.1. The summed E-state index contributed by atoms with van der Waals surface area (Å²) in [7, 11) is -2.57. The van der Waals surface area contributed by atoms with Crippen LogP contribution in [0.3, 0.4) is 0 Å². The lowest BCUT2D eigenvalue weighted by atomic mass is 10.2. The van der Waals surface area contributed by atoms with Gasteiger partial charge in [0.05, 0.1) is 23.9 Å². The normalized spacial score (nSPS) is 11.6. The summed E-state index contributed by atoms with van der Waals surface area (Å²) in [6.07, 6.45) is 1.27. The largest absolute Gasteiger partial charge is 0.465 e. The minimum Gasteiger partial charge on any atom is -0.465 e. The number of methoxy groups -OCH3 is 1. The van der Waals surface area contributed by atoms with Gasteiger partial charge >= 0.3 is 5.97 Å². The van der Waals surface area contributed by atoms with Gasteiger partial charge in [-0.15, -0.1) is 0 Å². The lowest BCUT2D eigenvalue weighted by Crippen LogP contribution is -2.14. The highest BCUT2D eigenvalue weighted by molar-refractivity contribution is 7.89. The molecule has 0 atom stereocenters. The van der Waals surface area contributed by atoms with Crippen molar-refractivity contribution in [2.24, 2.45) is 0 Å². The Bertz CT molecular complexity index is 1070. The van der Waals surface area contributed by atoms with Crippen LogP contribution < -0.4 is 0 Å². The lowest BCUT2D eigenvalue weighted by molar-refractivity contribution is 0.0603. The average Bonchev–Trinajstić information content (AvgIpc) is 2.97. The fraction of sp³-hybridized carbons (Fsp3) is 0.118. The monoisotopic (exact) mass is 397 g/mol. The number of hydrogen-bond acceptors (Lipinski definition) is 4. The van der Waals surface area contributed by atoms with Gasteiger partial charge in [0.2, 0.25) is 10.0 Å². The SMILES string of the molecule is COC(=O)c1cn(S(=O)(=O)Cc2ccc(Cl)cc2Cl)c2ccccc12. The number of para-hydroxylation sites is 1. The van der Waals surface area contributed by atoms with Crippen molar-refractivity contribution in [1.82, 2.24) is 3.97 Å². The summed E-state index contributed by atoms with van der Waals surface area (Å²) in [4.78, 5) is 12.0. The number of carbonyl (C=O) groups excluding carboxylic acids is 1. The number of aromatic nitrogens is 1. The molecule has 0 N–H and O–H groups in total. The van der Waals surface area contributed by atoms with Crippen molar-refractivity contribution < 1.29 is 17.9 Å². The molecule has 0 amide bonds. The average molecular weight is 398 g/mol. The number of halogens is 2. The summed E-state index contributed by atoms with van der Waals surface area (Å²) in [6, 6.07) is 11.3. The second-order valence-corrected chi connectivity index (χ2v) is 8.03. The molecule has 0 saturated heterocycles. The van der Waals surface area contributed by atoms with Gasteiger partial charge in [0, 0.05) is 21.6 Å². The number of fused-ring (bicyclic) bond motifs is 1. The molecule has 25 heavy (non-hydrogen) atoms. The van der Waals surface area contributed by atoms with Crippen LogP contribution in [-0.4, -0.2) is 25.5 Å². The van der Waals surface area contributed by atoms with E-state index in [1.54, 1.807) is 36.4 Å². The van der Waals surface area contributed by atoms with Crippen molar-refractivity contribution in [3.63, 3.8) is 0 Å². The van der Waals surface area contributed by atoms with E-state index in [-0.39, 0.29) is 16.3 Å². The van der Waals surface area contributed by atoms with E-state index in [0.29, 0.717) is 21.5 Å². The van der Waals surface area contributed by atoms with Gasteiger partial charge in [-0.25, -0.2) is 17.2 Å². The Morgan fingerprint density at radius 2 is 1.88 bits per heavy atom. The molecule has 0 aliphatic rings. The minimum atomic E-state index is -3.81. The number of rotatable bonds is 4. The van der Waals surface area contributed by atoms with Crippen molar-refractivity contribution >= 4 is 50.1 Å². The molecule has 0 aliphatic carbocycles. The number of hydrogen-bond donors (Lipinski definition) is 0. The van der Waals surface area contributed by atoms with Gasteiger partial charge in [0.1, 0.15) is 0 Å². The number of benzene rings is 2. The van der Waals surface area contributed by atoms with Crippen molar-refractivity contribution in [2.45, 2.75) is 5.75 Å². The Morgan fingerprint density at radius 1 is 1.16 bits per heavy atom. The Morgan fingerprint density at radius 3 is 2.56 bits per heavy atom. The minimum absolute atomic E-state index is 0.184. The maximum atomic E-state index is 12.9. The van der Waals surface area contributed by atoms with Gasteiger partial charge in [0.15, 0.2) is 0 Å². The Labute approximate surface area is 154 Å². The highest BCUT2D eigenvalue weighted by Crippen LogP contribution is 2.27. The van der Waals surface area contributed by atoms with Gasteiger partial charge in [-0.1, -0.05) is 47.5 Å². The number of esters is 1. The molecular formula is C17H13Cl2NO4S. The van der Waals surface area contributed by atoms with Gasteiger partial charge in [-0.3, -0.25) is 0 Å². The zero-order valence-corrected chi connectivity index (χ0v) is 15.4. The van der Waals surface area contributed by atoms with Gasteiger partial charge < -0.3 is 4.74 Å². The highest BCUT2D eigenvalue weighted by atomic mass is 35.5. The third-order valence-corrected chi connectivity index (χ3v) is 5.90. The molecule has 0 bridgehead atoms. The molecule has 0 radical (unpaired) electrons. The van der Waals surface area contributed by atoms with E-state index in [0.717, 1.165) is 3.97 Å². The predicted molar refractivity (Wildman–Crippen MR) is 97.8 cm³/mol. The van der Waals surface area contributed by atoms with E-state index >= 15 is 0 Å². The number of carbonyl (C=O) groups is 1. The topological polar surface area (TPSA) is 65.4 Å². The van der Waals surface area contributed by atoms with Crippen LogP contribution in [0.1, 0.15) is 15.9 Å². The second-order valence-electron chi connectivity index (χ2n) is 5.34. The summed E-state index contributed by atoms with van der Waals surface area (Å²) >= 11 is 11.9. The van der Waals surface area contributed by atoms with E-state index < -0.39 is 16.0 Å². The Hall–Kier alpha value is -2.02. The maximum absolute atomic E-state index is 12.9. The molecule has 2 aromatic carbocycles. The van der Waals surface area contributed by atoms with E-state index in [9.17, 15) is 13.2 Å². The predicted octanol–water partition coefficient (Wildman–Crippen LogP) is 4.11. The highest BCUT2D eigenvalue weighted by Gasteiger charge is 2.23. The third kappa shape index (κ3) is 3.38. The van der Waals surface area contributed by atoms with Crippen LogP contribution in [-0.2, 0) is 20.5 Å². The van der Waals surface area contributed by atoms with E-state index in [4.69, 9.17) is 27.9 Å². The Balaban J connectivity index is 2.13. The lowest BCUT2D eigenvalue weighted by Gasteiger charge is -2.09. The molecule has 3 aromatic rings. The smallest absolute Gasteiger partial charge is 0.340 e. The van der Waals surface area contributed by atoms with E-state index in [2.05, 4.69) is 0 Å². The first kappa shape index (κ1) is 17.8. The summed E-state index contributed by atoms with van der Waals surface area (Å²) in [6.45, 7) is 0. The number of ether oxygens (including phenoxy) is 1. The molecule has 0 aliphatic heterocycles. The molecule has 3 rings (SSSR count). The maximum Gasteiger partial charge on any atom is 0.340 e. The third-order valence-electron chi connectivity index (χ3n) is 3.74. The molecule has 130 valence electrons. The molecule has 0 spiro atoms. The molecule has 0 fully saturated rings. The van der Waals surface area contributed by atoms with Gasteiger partial charge in [0.25, 0.3) is 0 Å². The van der Waals surface area contributed by atoms with Crippen molar-refractivity contribution in [1.29, 1.82) is 0 Å². The first-order chi connectivity index (χ1) is 11.8. The molecule has 8 heteroatoms. The summed E-state index contributed by atoms with van der Waals surface area (Å²) in [5.74, 6) is -0.933. The van der Waals surface area contributed by atoms with Gasteiger partial charge in [-0.05, 0) is 23.8 Å². The summed E-state index contributed by atoms with van der Waals surface area (Å²) in [5, 5.41) is 1.19. The Kier molecular flexibility index (Phi) is 4.77. The molecule has 1 aromatic heterocycles. The summed E-state index contributed by atoms with van der Waals surface area (Å²) < 4.78 is 31.6. The van der Waals surface area contributed by atoms with Crippen LogP contribution in [0.25, 0.3) is 10.9 Å². The van der Waals surface area contributed by atoms with Gasteiger partial charge in [-0.2, -0.15) is 0 Å². The van der Waals surface area contributed by atoms with E-state index in [1.165, 1.54) is 19.4 Å². The molecule has 0 unspecified atom stereocenters. The van der Waals surface area contributed by atoms with Crippen LogP contribution in [0, 0.1) is 0 Å². The molecule has 0 saturated carbocycles. The van der Waals surface area contributed by atoms with Crippen molar-refractivity contribution in [2.75, 3.05) is 7.11 Å². The van der Waals surface area contributed by atoms with Crippen LogP contribution in [0.15, 0.2) is 48.7 Å².